The number of benzene rings is 1. The van der Waals surface area contributed by atoms with E-state index in [0.29, 0.717) is 13.0 Å². The van der Waals surface area contributed by atoms with E-state index in [4.69, 9.17) is 0 Å². The summed E-state index contributed by atoms with van der Waals surface area (Å²) in [6.07, 6.45) is 2.53. The summed E-state index contributed by atoms with van der Waals surface area (Å²) < 4.78 is 0. The van der Waals surface area contributed by atoms with Crippen LogP contribution < -0.4 is 5.32 Å². The van der Waals surface area contributed by atoms with Crippen molar-refractivity contribution in [3.63, 3.8) is 0 Å². The Morgan fingerprint density at radius 1 is 1.16 bits per heavy atom. The highest BCUT2D eigenvalue weighted by molar-refractivity contribution is 7.98. The van der Waals surface area contributed by atoms with E-state index in [2.05, 4.69) is 52.7 Å². The Balaban J connectivity index is 2.64. The maximum absolute atomic E-state index is 12.1. The quantitative estimate of drug-likeness (QED) is 0.416. The lowest BCUT2D eigenvalue weighted by Crippen LogP contribution is -2.39. The lowest BCUT2D eigenvalue weighted by atomic mass is 10.2. The van der Waals surface area contributed by atoms with E-state index in [1.165, 1.54) is 10.5 Å². The number of hydrogen-bond acceptors (Lipinski definition) is 3. The number of carbonyl (C=O) groups excluding carboxylic acids is 1. The number of thioether (sulfide) groups is 1. The third-order valence-electron chi connectivity index (χ3n) is 3.98. The molecule has 25 heavy (non-hydrogen) atoms. The number of amides is 1. The molecule has 1 amide bonds. The maximum atomic E-state index is 12.1. The van der Waals surface area contributed by atoms with Crippen molar-refractivity contribution in [2.75, 3.05) is 39.5 Å². The zero-order chi connectivity index (χ0) is 18.7. The Kier molecular flexibility index (Phi) is 10.1. The third-order valence-corrected chi connectivity index (χ3v) is 4.72. The minimum absolute atomic E-state index is 0.167. The summed E-state index contributed by atoms with van der Waals surface area (Å²) in [5, 5.41) is 3.30. The van der Waals surface area contributed by atoms with Gasteiger partial charge in [-0.3, -0.25) is 9.79 Å². The molecular weight excluding hydrogens is 332 g/mol. The van der Waals surface area contributed by atoms with Crippen molar-refractivity contribution in [1.29, 1.82) is 0 Å². The van der Waals surface area contributed by atoms with Crippen LogP contribution in [-0.4, -0.2) is 61.1 Å². The zero-order valence-electron chi connectivity index (χ0n) is 16.2. The van der Waals surface area contributed by atoms with Gasteiger partial charge in [0.2, 0.25) is 5.91 Å². The van der Waals surface area contributed by atoms with Crippen LogP contribution in [0.3, 0.4) is 0 Å². The maximum Gasteiger partial charge on any atom is 0.224 e. The average molecular weight is 365 g/mol. The molecule has 5 nitrogen and oxygen atoms in total. The molecule has 0 spiro atoms. The highest BCUT2D eigenvalue weighted by Crippen LogP contribution is 2.15. The molecule has 0 saturated heterocycles. The molecular formula is C19H32N4OS. The van der Waals surface area contributed by atoms with Gasteiger partial charge in [0.05, 0.1) is 6.54 Å². The van der Waals surface area contributed by atoms with Crippen LogP contribution in [0.15, 0.2) is 34.2 Å². The van der Waals surface area contributed by atoms with Gasteiger partial charge in [-0.15, -0.1) is 11.8 Å². The fourth-order valence-corrected chi connectivity index (χ4v) is 2.95. The van der Waals surface area contributed by atoms with E-state index in [1.807, 2.05) is 25.8 Å². The summed E-state index contributed by atoms with van der Waals surface area (Å²) in [5.74, 6) is 1.00. The molecule has 0 bridgehead atoms. The molecule has 0 radical (unpaired) electrons. The standard InChI is InChI=1S/C19H32N4OS/c1-6-20-19(21-14-13-18(24)23(7-2)8-3)22(4)15-16-9-11-17(25-5)12-10-16/h9-12H,6-8,13-15H2,1-5H3,(H,20,21). The summed E-state index contributed by atoms with van der Waals surface area (Å²) in [6, 6.07) is 8.58. The Hall–Kier alpha value is -1.69. The minimum atomic E-state index is 0.167. The first kappa shape index (κ1) is 21.4. The second-order valence-electron chi connectivity index (χ2n) is 5.76. The number of rotatable bonds is 9. The van der Waals surface area contributed by atoms with Gasteiger partial charge in [-0.1, -0.05) is 12.1 Å². The van der Waals surface area contributed by atoms with Gasteiger partial charge < -0.3 is 15.1 Å². The van der Waals surface area contributed by atoms with Gasteiger partial charge in [-0.2, -0.15) is 0 Å². The number of nitrogens with zero attached hydrogens (tertiary/aromatic N) is 3. The molecule has 1 aromatic rings. The van der Waals surface area contributed by atoms with E-state index < -0.39 is 0 Å². The van der Waals surface area contributed by atoms with Crippen LogP contribution in [0.1, 0.15) is 32.8 Å². The number of hydrogen-bond donors (Lipinski definition) is 1. The highest BCUT2D eigenvalue weighted by atomic mass is 32.2. The van der Waals surface area contributed by atoms with E-state index in [-0.39, 0.29) is 5.91 Å². The molecule has 0 aliphatic rings. The summed E-state index contributed by atoms with van der Waals surface area (Å²) in [6.45, 7) is 9.67. The molecule has 0 aromatic heterocycles. The van der Waals surface area contributed by atoms with Gasteiger partial charge in [0.15, 0.2) is 5.96 Å². The van der Waals surface area contributed by atoms with Crippen molar-refractivity contribution < 1.29 is 4.79 Å². The molecule has 0 aliphatic heterocycles. The van der Waals surface area contributed by atoms with Gasteiger partial charge >= 0.3 is 0 Å². The Labute approximate surface area is 156 Å². The van der Waals surface area contributed by atoms with Crippen molar-refractivity contribution in [2.24, 2.45) is 4.99 Å². The smallest absolute Gasteiger partial charge is 0.224 e. The van der Waals surface area contributed by atoms with E-state index in [1.54, 1.807) is 11.8 Å². The fraction of sp³-hybridized carbons (Fsp3) is 0.579. The van der Waals surface area contributed by atoms with Crippen molar-refractivity contribution >= 4 is 23.6 Å². The summed E-state index contributed by atoms with van der Waals surface area (Å²) in [5.41, 5.74) is 1.24. The van der Waals surface area contributed by atoms with Crippen LogP contribution in [0.25, 0.3) is 0 Å². The number of carbonyl (C=O) groups is 1. The van der Waals surface area contributed by atoms with Crippen LogP contribution in [-0.2, 0) is 11.3 Å². The van der Waals surface area contributed by atoms with Crippen molar-refractivity contribution in [2.45, 2.75) is 38.6 Å². The van der Waals surface area contributed by atoms with Crippen LogP contribution in [0.2, 0.25) is 0 Å². The molecule has 1 aromatic carbocycles. The summed E-state index contributed by atoms with van der Waals surface area (Å²) >= 11 is 1.74. The summed E-state index contributed by atoms with van der Waals surface area (Å²) in [7, 11) is 2.02. The van der Waals surface area contributed by atoms with Gasteiger partial charge in [-0.05, 0) is 44.7 Å². The molecule has 140 valence electrons. The van der Waals surface area contributed by atoms with Crippen LogP contribution in [0.4, 0.5) is 0 Å². The van der Waals surface area contributed by atoms with Gasteiger partial charge in [0, 0.05) is 44.5 Å². The molecule has 0 fully saturated rings. The number of nitrogens with one attached hydrogen (secondary N) is 1. The van der Waals surface area contributed by atoms with Gasteiger partial charge in [-0.25, -0.2) is 0 Å². The van der Waals surface area contributed by atoms with Crippen molar-refractivity contribution in [3.8, 4) is 0 Å². The number of guanidine groups is 1. The molecule has 1 N–H and O–H groups in total. The molecule has 0 aliphatic carbocycles. The average Bonchev–Trinajstić information content (AvgIpc) is 2.62. The van der Waals surface area contributed by atoms with Crippen LogP contribution in [0, 0.1) is 0 Å². The largest absolute Gasteiger partial charge is 0.357 e. The van der Waals surface area contributed by atoms with E-state index in [9.17, 15) is 4.79 Å². The van der Waals surface area contributed by atoms with Gasteiger partial charge in [0.1, 0.15) is 0 Å². The monoisotopic (exact) mass is 364 g/mol. The Morgan fingerprint density at radius 2 is 1.80 bits per heavy atom. The van der Waals surface area contributed by atoms with Crippen LogP contribution in [0.5, 0.6) is 0 Å². The third kappa shape index (κ3) is 7.38. The topological polar surface area (TPSA) is 47.9 Å². The minimum Gasteiger partial charge on any atom is -0.357 e. The first-order chi connectivity index (χ1) is 12.0. The normalized spacial score (nSPS) is 11.3. The Bertz CT molecular complexity index is 541. The fourth-order valence-electron chi connectivity index (χ4n) is 2.54. The molecule has 0 atom stereocenters. The first-order valence-electron chi connectivity index (χ1n) is 8.95. The van der Waals surface area contributed by atoms with Crippen molar-refractivity contribution in [3.05, 3.63) is 29.8 Å². The molecule has 0 saturated carbocycles. The first-order valence-corrected chi connectivity index (χ1v) is 10.2. The lowest BCUT2D eigenvalue weighted by molar-refractivity contribution is -0.130. The predicted molar refractivity (Wildman–Crippen MR) is 108 cm³/mol. The molecule has 1 rings (SSSR count). The molecule has 0 heterocycles. The summed E-state index contributed by atoms with van der Waals surface area (Å²) in [4.78, 5) is 21.9. The SMILES string of the molecule is CCNC(=NCCC(=O)N(CC)CC)N(C)Cc1ccc(SC)cc1. The number of aliphatic imine (C=N–C) groups is 1. The highest BCUT2D eigenvalue weighted by Gasteiger charge is 2.10. The Morgan fingerprint density at radius 3 is 2.32 bits per heavy atom. The second-order valence-corrected chi connectivity index (χ2v) is 6.64. The van der Waals surface area contributed by atoms with E-state index >= 15 is 0 Å². The van der Waals surface area contributed by atoms with Gasteiger partial charge in [0.25, 0.3) is 0 Å². The molecule has 6 heteroatoms. The van der Waals surface area contributed by atoms with Crippen LogP contribution >= 0.6 is 11.8 Å². The second kappa shape index (κ2) is 11.8. The molecule has 0 unspecified atom stereocenters. The van der Waals surface area contributed by atoms with Crippen molar-refractivity contribution in [1.82, 2.24) is 15.1 Å². The lowest BCUT2D eigenvalue weighted by Gasteiger charge is -2.22. The van der Waals surface area contributed by atoms with E-state index in [0.717, 1.165) is 32.1 Å². The predicted octanol–water partition coefficient (Wildman–Crippen LogP) is 3.06. The zero-order valence-corrected chi connectivity index (χ0v) is 17.0.